The van der Waals surface area contributed by atoms with E-state index in [4.69, 9.17) is 62.2 Å². The maximum absolute atomic E-state index is 13.4. The molecule has 10 rings (SSSR count). The van der Waals surface area contributed by atoms with Crippen LogP contribution in [0.3, 0.4) is 0 Å². The van der Waals surface area contributed by atoms with Crippen molar-refractivity contribution >= 4 is 93.1 Å². The number of nitrogens with one attached hydrogen (secondary N) is 1. The summed E-state index contributed by atoms with van der Waals surface area (Å²) >= 11 is 0. The molecule has 3 aliphatic rings. The Labute approximate surface area is 583 Å². The van der Waals surface area contributed by atoms with E-state index in [2.05, 4.69) is 38.6 Å². The van der Waals surface area contributed by atoms with E-state index in [1.54, 1.807) is 81.1 Å². The van der Waals surface area contributed by atoms with Gasteiger partial charge in [0.25, 0.3) is 5.69 Å². The fraction of sp³-hybridized carbons (Fsp3) is 0.304. The monoisotopic (exact) mass is 1420 g/mol. The van der Waals surface area contributed by atoms with E-state index in [1.807, 2.05) is 27.7 Å². The smallest absolute Gasteiger partial charge is 0.338 e. The first kappa shape index (κ1) is 80.2. The highest BCUT2D eigenvalue weighted by atomic mass is 32.2. The molecule has 0 aliphatic carbocycles. The molecule has 0 saturated heterocycles. The van der Waals surface area contributed by atoms with Gasteiger partial charge in [-0.25, -0.2) is 42.3 Å². The van der Waals surface area contributed by atoms with E-state index >= 15 is 0 Å². The van der Waals surface area contributed by atoms with E-state index in [-0.39, 0.29) is 53.2 Å². The van der Waals surface area contributed by atoms with Gasteiger partial charge in [0.05, 0.1) is 152 Å². The summed E-state index contributed by atoms with van der Waals surface area (Å²) in [6, 6.07) is 24.1. The zero-order chi connectivity index (χ0) is 75.4. The summed E-state index contributed by atoms with van der Waals surface area (Å²) < 4.78 is 78.1. The quantitative estimate of drug-likeness (QED) is 0.0147. The van der Waals surface area contributed by atoms with Crippen molar-refractivity contribution < 1.29 is 95.1 Å². The Bertz CT molecular complexity index is 4300. The number of ether oxygens (including phenoxy) is 10. The minimum absolute atomic E-state index is 0.0141. The van der Waals surface area contributed by atoms with Gasteiger partial charge in [-0.15, -0.1) is 0 Å². The summed E-state index contributed by atoms with van der Waals surface area (Å²) in [7, 11) is 11.2. The Balaban J connectivity index is 0.000000225. The molecule has 1 unspecified atom stereocenters. The van der Waals surface area contributed by atoms with Gasteiger partial charge in [-0.1, -0.05) is 0 Å². The zero-order valence-electron chi connectivity index (χ0n) is 57.9. The fourth-order valence-corrected chi connectivity index (χ4v) is 10.2. The lowest BCUT2D eigenvalue weighted by molar-refractivity contribution is -0.384. The number of rotatable bonds is 16. The SMILES string of the molecule is CC(C)(C)S(=O)N[C@]1(C)COc2c1cc([C@](C)(O)CN)nc2-c1ccc(F)cc1.COC(=O)c1cc(N)c(N)c(OC)c1.COC(=O)c1cc(OC)c(N)c([N+](=O)[O-])c1.COC(=O)c1cc2c(c(OC)c1)CC=N2.COC(=O)c1ccc(N)c(OC)c1.COc1cc(C(=O)O)cc2c1CC=N2. The first-order valence-electron chi connectivity index (χ1n) is 30.0. The van der Waals surface area contributed by atoms with Crippen LogP contribution in [0.15, 0.2) is 107 Å². The van der Waals surface area contributed by atoms with E-state index in [0.29, 0.717) is 91.6 Å². The molecule has 101 heavy (non-hydrogen) atoms. The van der Waals surface area contributed by atoms with Crippen molar-refractivity contribution in [3.63, 3.8) is 0 Å². The zero-order valence-corrected chi connectivity index (χ0v) is 58.7. The molecule has 0 spiro atoms. The highest BCUT2D eigenvalue weighted by Crippen LogP contribution is 2.45. The lowest BCUT2D eigenvalue weighted by atomic mass is 9.90. The van der Waals surface area contributed by atoms with Crippen LogP contribution < -0.4 is 61.8 Å². The minimum atomic E-state index is -1.36. The second-order valence-electron chi connectivity index (χ2n) is 23.0. The number of nitro groups is 1. The number of pyridine rings is 1. The molecule has 1 aromatic heterocycles. The number of nitro benzene ring substituents is 1. The number of aromatic carboxylic acids is 1. The van der Waals surface area contributed by atoms with Crippen LogP contribution in [0.1, 0.15) is 109 Å². The highest BCUT2D eigenvalue weighted by Gasteiger charge is 2.43. The van der Waals surface area contributed by atoms with Gasteiger partial charge < -0.3 is 86.3 Å². The summed E-state index contributed by atoms with van der Waals surface area (Å²) in [4.78, 5) is 78.4. The summed E-state index contributed by atoms with van der Waals surface area (Å²) in [6.45, 7) is 9.36. The number of hydrogen-bond acceptors (Lipinski definition) is 27. The van der Waals surface area contributed by atoms with Gasteiger partial charge in [-0.2, -0.15) is 0 Å². The fourth-order valence-electron chi connectivity index (χ4n) is 9.28. The average Bonchev–Trinajstić information content (AvgIpc) is 1.62. The van der Waals surface area contributed by atoms with Gasteiger partial charge in [0, 0.05) is 60.1 Å². The van der Waals surface area contributed by atoms with Crippen molar-refractivity contribution in [3.8, 4) is 45.8 Å². The number of esters is 4. The molecule has 0 saturated carbocycles. The number of carbonyl (C=O) groups is 5. The Kier molecular flexibility index (Phi) is 28.1. The van der Waals surface area contributed by atoms with Gasteiger partial charge >= 0.3 is 29.8 Å². The maximum atomic E-state index is 13.4. The second-order valence-corrected chi connectivity index (χ2v) is 24.9. The number of aliphatic imine (C=N–C) groups is 2. The number of halogens is 1. The van der Waals surface area contributed by atoms with Crippen LogP contribution in [0.25, 0.3) is 11.3 Å². The molecular formula is C69H81FN10O20S. The third-order valence-corrected chi connectivity index (χ3v) is 16.7. The van der Waals surface area contributed by atoms with Crippen LogP contribution in [0.4, 0.5) is 44.2 Å². The Morgan fingerprint density at radius 1 is 0.624 bits per heavy atom. The molecule has 0 radical (unpaired) electrons. The summed E-state index contributed by atoms with van der Waals surface area (Å²) in [5, 5.41) is 30.3. The molecule has 7 aromatic rings. The van der Waals surface area contributed by atoms with Crippen LogP contribution in [-0.4, -0.2) is 148 Å². The third-order valence-electron chi connectivity index (χ3n) is 15.0. The van der Waals surface area contributed by atoms with Crippen molar-refractivity contribution in [2.75, 3.05) is 100 Å². The minimum Gasteiger partial charge on any atom is -0.496 e. The molecule has 0 fully saturated rings. The molecule has 540 valence electrons. The van der Waals surface area contributed by atoms with Crippen LogP contribution in [0.2, 0.25) is 0 Å². The number of carboxylic acid groups (broad SMARTS) is 1. The van der Waals surface area contributed by atoms with Crippen molar-refractivity contribution in [3.05, 3.63) is 163 Å². The van der Waals surface area contributed by atoms with Gasteiger partial charge in [-0.3, -0.25) is 20.1 Å². The number of methoxy groups -OCH3 is 9. The van der Waals surface area contributed by atoms with Gasteiger partial charge in [0.1, 0.15) is 52.5 Å². The molecule has 0 amide bonds. The van der Waals surface area contributed by atoms with Gasteiger partial charge in [0.2, 0.25) is 0 Å². The summed E-state index contributed by atoms with van der Waals surface area (Å²) in [5.74, 6) is -0.565. The number of nitrogens with two attached hydrogens (primary N) is 5. The number of hydrogen-bond donors (Lipinski definition) is 8. The first-order valence-corrected chi connectivity index (χ1v) is 31.2. The van der Waals surface area contributed by atoms with Gasteiger partial charge in [0.15, 0.2) is 11.4 Å². The number of nitrogen functional groups attached to an aromatic ring is 4. The van der Waals surface area contributed by atoms with Crippen LogP contribution in [0.5, 0.6) is 34.5 Å². The number of benzene rings is 6. The van der Waals surface area contributed by atoms with Crippen molar-refractivity contribution in [1.29, 1.82) is 0 Å². The molecular weight excluding hydrogens is 1340 g/mol. The number of anilines is 4. The molecule has 3 aliphatic heterocycles. The first-order chi connectivity index (χ1) is 47.6. The Morgan fingerprint density at radius 2 is 1.07 bits per heavy atom. The van der Waals surface area contributed by atoms with Crippen LogP contribution in [0, 0.1) is 15.9 Å². The Morgan fingerprint density at radius 3 is 1.53 bits per heavy atom. The standard InChI is InChI=1S/C21H28FN3O3S.C11H11NO3.C10H9NO3.C9H10N2O5.C9H12N2O3.C9H11NO3/c1-19(2,3)29(27)25-20(4)12-28-18-15(20)10-16(21(5,26)11-23)24-17(18)13-6-8-14(22)9-7-13;1-14-10-6-7(11(13)15-2)5-9-8(10)3-4-12-9;1-14-9-5-6(10(12)13)4-8-7(9)2-3-11-8;1-15-7-4-5(9(12)16-2)3-6(8(7)10)11(13)14;1-13-7-4-5(9(12)14-2)3-6(10)8(7)11;1-12-8-5-6(9(11)13-2)3-4-7(8)10/h6-10,25-26H,11-12,23H2,1-5H3;4-6H,3H2,1-2H3;3-5H,2H2,1H3,(H,12,13);3-4H,10H2,1-2H3;3-4H,10-11H2,1-2H3;3-5H,10H2,1-2H3/t20-,21-,29?;;;;;/m1...../s1. The predicted octanol–water partition coefficient (Wildman–Crippen LogP) is 8.79. The maximum Gasteiger partial charge on any atom is 0.338 e. The molecule has 30 nitrogen and oxygen atoms in total. The third kappa shape index (κ3) is 20.1. The normalized spacial score (nSPS) is 14.0. The summed E-state index contributed by atoms with van der Waals surface area (Å²) in [5.41, 5.74) is 33.6. The van der Waals surface area contributed by atoms with Crippen molar-refractivity contribution in [2.24, 2.45) is 15.7 Å². The average molecular weight is 1420 g/mol. The largest absolute Gasteiger partial charge is 0.496 e. The molecule has 32 heteroatoms. The van der Waals surface area contributed by atoms with E-state index < -0.39 is 55.7 Å². The lowest BCUT2D eigenvalue weighted by Gasteiger charge is -2.29. The molecule has 3 atom stereocenters. The Hall–Kier alpha value is -11.5. The number of aliphatic hydroxyl groups is 1. The second kappa shape index (κ2) is 35.3. The van der Waals surface area contributed by atoms with E-state index in [1.165, 1.54) is 93.3 Å². The van der Waals surface area contributed by atoms with Crippen LogP contribution >= 0.6 is 0 Å². The predicted molar refractivity (Wildman–Crippen MR) is 377 cm³/mol. The van der Waals surface area contributed by atoms with Crippen molar-refractivity contribution in [1.82, 2.24) is 9.71 Å². The lowest BCUT2D eigenvalue weighted by Crippen LogP contribution is -2.47. The molecule has 13 N–H and O–H groups in total. The molecule has 4 heterocycles. The molecule has 0 bridgehead atoms. The van der Waals surface area contributed by atoms with E-state index in [0.717, 1.165) is 34.9 Å². The highest BCUT2D eigenvalue weighted by molar-refractivity contribution is 7.84. The summed E-state index contributed by atoms with van der Waals surface area (Å²) in [6.07, 6.45) is 5.01. The van der Waals surface area contributed by atoms with Crippen LogP contribution in [-0.2, 0) is 53.9 Å². The number of aromatic nitrogens is 1. The van der Waals surface area contributed by atoms with E-state index in [9.17, 15) is 47.8 Å². The van der Waals surface area contributed by atoms with Crippen molar-refractivity contribution in [2.45, 2.75) is 63.3 Å². The number of nitrogens with zero attached hydrogens (tertiary/aromatic N) is 4. The number of fused-ring (bicyclic) bond motifs is 3. The molecule has 6 aromatic carbocycles. The number of carboxylic acids is 1. The topological polar surface area (TPSA) is 458 Å². The number of carbonyl (C=O) groups excluding carboxylic acids is 4. The van der Waals surface area contributed by atoms with Gasteiger partial charge in [-0.05, 0) is 126 Å².